The molecule has 0 aliphatic rings. The fraction of sp³-hybridized carbons (Fsp3) is 0.333. The van der Waals surface area contributed by atoms with Crippen molar-refractivity contribution in [3.8, 4) is 5.75 Å². The summed E-state index contributed by atoms with van der Waals surface area (Å²) in [6.45, 7) is 6.90. The number of aryl methyl sites for hydroxylation is 2. The Hall–Kier alpha value is -2.82. The topological polar surface area (TPSA) is 58.6 Å². The molecule has 0 heterocycles. The largest absolute Gasteiger partial charge is 0.484 e. The van der Waals surface area contributed by atoms with Crippen molar-refractivity contribution in [2.24, 2.45) is 0 Å². The molecular weight excluding hydrogens is 328 g/mol. The Labute approximate surface area is 155 Å². The van der Waals surface area contributed by atoms with Crippen molar-refractivity contribution in [1.29, 1.82) is 0 Å². The molecule has 0 spiro atoms. The number of nitrogens with one attached hydrogen (secondary N) is 1. The monoisotopic (exact) mass is 354 g/mol. The van der Waals surface area contributed by atoms with Crippen LogP contribution in [0.4, 0.5) is 0 Å². The van der Waals surface area contributed by atoms with E-state index in [1.165, 1.54) is 6.92 Å². The van der Waals surface area contributed by atoms with Crippen LogP contribution in [0.15, 0.2) is 48.5 Å². The lowest BCUT2D eigenvalue weighted by Gasteiger charge is -2.21. The number of carbonyl (C=O) groups excluding carboxylic acids is 2. The lowest BCUT2D eigenvalue weighted by Crippen LogP contribution is -2.38. The summed E-state index contributed by atoms with van der Waals surface area (Å²) >= 11 is 0. The van der Waals surface area contributed by atoms with E-state index in [0.717, 1.165) is 16.7 Å². The third-order valence-electron chi connectivity index (χ3n) is 4.00. The van der Waals surface area contributed by atoms with Crippen LogP contribution < -0.4 is 10.1 Å². The number of nitrogens with zero attached hydrogens (tertiary/aromatic N) is 1. The van der Waals surface area contributed by atoms with Gasteiger partial charge in [-0.15, -0.1) is 0 Å². The zero-order chi connectivity index (χ0) is 18.9. The molecule has 0 aromatic heterocycles. The number of ether oxygens (including phenoxy) is 1. The summed E-state index contributed by atoms with van der Waals surface area (Å²) in [5.74, 6) is 0.442. The van der Waals surface area contributed by atoms with Crippen LogP contribution in [0.3, 0.4) is 0 Å². The van der Waals surface area contributed by atoms with E-state index in [0.29, 0.717) is 25.4 Å². The van der Waals surface area contributed by atoms with Crippen LogP contribution in [0.2, 0.25) is 0 Å². The highest BCUT2D eigenvalue weighted by Crippen LogP contribution is 2.11. The third kappa shape index (κ3) is 6.59. The van der Waals surface area contributed by atoms with E-state index >= 15 is 0 Å². The van der Waals surface area contributed by atoms with E-state index in [-0.39, 0.29) is 18.4 Å². The van der Waals surface area contributed by atoms with Gasteiger partial charge in [-0.05, 0) is 31.5 Å². The smallest absolute Gasteiger partial charge is 0.258 e. The van der Waals surface area contributed by atoms with Gasteiger partial charge in [-0.1, -0.05) is 47.5 Å². The Balaban J connectivity index is 1.75. The predicted octanol–water partition coefficient (Wildman–Crippen LogP) is 2.85. The standard InChI is InChI=1S/C21H26N2O3/c1-16-7-9-20(10-8-16)26-15-21(25)22-11-12-23(18(3)24)14-19-6-4-5-17(2)13-19/h4-10,13H,11-12,14-15H2,1-3H3,(H,22,25). The zero-order valence-corrected chi connectivity index (χ0v) is 15.6. The second-order valence-electron chi connectivity index (χ2n) is 6.38. The first-order valence-electron chi connectivity index (χ1n) is 8.71. The molecule has 138 valence electrons. The number of hydrogen-bond donors (Lipinski definition) is 1. The van der Waals surface area contributed by atoms with Crippen LogP contribution >= 0.6 is 0 Å². The molecule has 26 heavy (non-hydrogen) atoms. The van der Waals surface area contributed by atoms with Crippen LogP contribution in [-0.4, -0.2) is 36.4 Å². The molecule has 1 N–H and O–H groups in total. The van der Waals surface area contributed by atoms with Crippen LogP contribution in [0.25, 0.3) is 0 Å². The molecular formula is C21H26N2O3. The highest BCUT2D eigenvalue weighted by molar-refractivity contribution is 5.77. The van der Waals surface area contributed by atoms with Crippen molar-refractivity contribution in [2.75, 3.05) is 19.7 Å². The Morgan fingerprint density at radius 3 is 2.42 bits per heavy atom. The fourth-order valence-electron chi connectivity index (χ4n) is 2.54. The van der Waals surface area contributed by atoms with E-state index in [1.54, 1.807) is 4.90 Å². The summed E-state index contributed by atoms with van der Waals surface area (Å²) in [6.07, 6.45) is 0. The summed E-state index contributed by atoms with van der Waals surface area (Å²) in [5.41, 5.74) is 3.38. The Morgan fingerprint density at radius 2 is 1.77 bits per heavy atom. The van der Waals surface area contributed by atoms with E-state index in [2.05, 4.69) is 11.4 Å². The van der Waals surface area contributed by atoms with E-state index in [9.17, 15) is 9.59 Å². The molecule has 0 saturated carbocycles. The summed E-state index contributed by atoms with van der Waals surface area (Å²) in [7, 11) is 0. The summed E-state index contributed by atoms with van der Waals surface area (Å²) < 4.78 is 5.44. The Kier molecular flexibility index (Phi) is 7.21. The van der Waals surface area contributed by atoms with Gasteiger partial charge in [0.25, 0.3) is 5.91 Å². The molecule has 0 atom stereocenters. The average Bonchev–Trinajstić information content (AvgIpc) is 2.60. The number of rotatable bonds is 8. The van der Waals surface area contributed by atoms with Gasteiger partial charge >= 0.3 is 0 Å². The van der Waals surface area contributed by atoms with E-state index < -0.39 is 0 Å². The predicted molar refractivity (Wildman–Crippen MR) is 102 cm³/mol. The molecule has 2 aromatic carbocycles. The first-order valence-corrected chi connectivity index (χ1v) is 8.71. The van der Waals surface area contributed by atoms with Crippen LogP contribution in [0.5, 0.6) is 5.75 Å². The fourth-order valence-corrected chi connectivity index (χ4v) is 2.54. The van der Waals surface area contributed by atoms with Crippen molar-refractivity contribution in [3.05, 3.63) is 65.2 Å². The van der Waals surface area contributed by atoms with Gasteiger partial charge in [0.1, 0.15) is 5.75 Å². The second kappa shape index (κ2) is 9.61. The van der Waals surface area contributed by atoms with Crippen molar-refractivity contribution in [3.63, 3.8) is 0 Å². The summed E-state index contributed by atoms with van der Waals surface area (Å²) in [4.78, 5) is 25.5. The zero-order valence-electron chi connectivity index (χ0n) is 15.6. The second-order valence-corrected chi connectivity index (χ2v) is 6.38. The van der Waals surface area contributed by atoms with Gasteiger partial charge in [0.2, 0.25) is 5.91 Å². The molecule has 5 nitrogen and oxygen atoms in total. The molecule has 5 heteroatoms. The van der Waals surface area contributed by atoms with Crippen LogP contribution in [-0.2, 0) is 16.1 Å². The van der Waals surface area contributed by atoms with Crippen molar-refractivity contribution >= 4 is 11.8 Å². The number of benzene rings is 2. The maximum Gasteiger partial charge on any atom is 0.258 e. The third-order valence-corrected chi connectivity index (χ3v) is 4.00. The normalized spacial score (nSPS) is 10.3. The van der Waals surface area contributed by atoms with Gasteiger partial charge in [-0.3, -0.25) is 9.59 Å². The quantitative estimate of drug-likeness (QED) is 0.793. The average molecular weight is 354 g/mol. The molecule has 0 aliphatic carbocycles. The minimum atomic E-state index is -0.204. The highest BCUT2D eigenvalue weighted by Gasteiger charge is 2.10. The molecule has 0 bridgehead atoms. The first-order chi connectivity index (χ1) is 12.4. The van der Waals surface area contributed by atoms with Gasteiger partial charge in [0.05, 0.1) is 0 Å². The SMILES string of the molecule is CC(=O)N(CCNC(=O)COc1ccc(C)cc1)Cc1cccc(C)c1. The Bertz CT molecular complexity index is 741. The summed E-state index contributed by atoms with van der Waals surface area (Å²) in [5, 5.41) is 2.79. The molecule has 2 rings (SSSR count). The molecule has 2 amide bonds. The number of hydrogen-bond acceptors (Lipinski definition) is 3. The lowest BCUT2D eigenvalue weighted by molar-refractivity contribution is -0.130. The maximum atomic E-state index is 11.9. The Morgan fingerprint density at radius 1 is 1.04 bits per heavy atom. The molecule has 0 radical (unpaired) electrons. The molecule has 0 fully saturated rings. The number of carbonyl (C=O) groups is 2. The highest BCUT2D eigenvalue weighted by atomic mass is 16.5. The van der Waals surface area contributed by atoms with Crippen molar-refractivity contribution in [1.82, 2.24) is 10.2 Å². The molecule has 0 saturated heterocycles. The minimum absolute atomic E-state index is 0.0170. The van der Waals surface area contributed by atoms with Gasteiger partial charge in [-0.25, -0.2) is 0 Å². The van der Waals surface area contributed by atoms with Gasteiger partial charge in [-0.2, -0.15) is 0 Å². The molecule has 0 aliphatic heterocycles. The van der Waals surface area contributed by atoms with Gasteiger partial charge in [0.15, 0.2) is 6.61 Å². The van der Waals surface area contributed by atoms with E-state index in [4.69, 9.17) is 4.74 Å². The van der Waals surface area contributed by atoms with Crippen molar-refractivity contribution in [2.45, 2.75) is 27.3 Å². The van der Waals surface area contributed by atoms with Crippen LogP contribution in [0, 0.1) is 13.8 Å². The first kappa shape index (κ1) is 19.5. The van der Waals surface area contributed by atoms with E-state index in [1.807, 2.05) is 56.3 Å². The number of amides is 2. The van der Waals surface area contributed by atoms with Crippen molar-refractivity contribution < 1.29 is 14.3 Å². The lowest BCUT2D eigenvalue weighted by atomic mass is 10.1. The summed E-state index contributed by atoms with van der Waals surface area (Å²) in [6, 6.07) is 15.6. The molecule has 2 aromatic rings. The van der Waals surface area contributed by atoms with Gasteiger partial charge < -0.3 is 15.0 Å². The maximum absolute atomic E-state index is 11.9. The van der Waals surface area contributed by atoms with Crippen LogP contribution in [0.1, 0.15) is 23.6 Å². The van der Waals surface area contributed by atoms with Gasteiger partial charge in [0, 0.05) is 26.6 Å². The molecule has 0 unspecified atom stereocenters. The minimum Gasteiger partial charge on any atom is -0.484 e.